The maximum Gasteiger partial charge on any atom is 0.417 e. The number of hydrogen-bond donors (Lipinski definition) is 1. The first-order chi connectivity index (χ1) is 9.99. The van der Waals surface area contributed by atoms with Gasteiger partial charge in [0, 0.05) is 12.3 Å². The molecule has 120 valence electrons. The maximum absolute atomic E-state index is 12.6. The molecule has 0 saturated carbocycles. The van der Waals surface area contributed by atoms with E-state index in [-0.39, 0.29) is 5.92 Å². The lowest BCUT2D eigenvalue weighted by Crippen LogP contribution is -2.50. The average Bonchev–Trinajstić information content (AvgIpc) is 2.39. The number of amides is 1. The van der Waals surface area contributed by atoms with Gasteiger partial charge in [-0.2, -0.15) is 18.4 Å². The second kappa shape index (κ2) is 6.22. The highest BCUT2D eigenvalue weighted by Crippen LogP contribution is 2.28. The molecular formula is C14H16F3N3O2. The molecule has 22 heavy (non-hydrogen) atoms. The molecule has 1 aromatic heterocycles. The minimum atomic E-state index is -4.61. The van der Waals surface area contributed by atoms with Crippen molar-refractivity contribution in [2.75, 3.05) is 0 Å². The predicted octanol–water partition coefficient (Wildman–Crippen LogP) is 1.92. The standard InChI is InChI=1S/C14H16F3N3O2/c1-9(2)13(3,8-18)19-11(21)7-20-6-10(14(15,16)17)4-5-12(20)22/h4-6,9H,7H2,1-3H3,(H,19,21)/t13-/m0/s1. The SMILES string of the molecule is CC(C)[C@](C)(C#N)NC(=O)Cn1cc(C(F)(F)F)ccc1=O. The van der Waals surface area contributed by atoms with Gasteiger partial charge in [-0.15, -0.1) is 0 Å². The third-order valence-electron chi connectivity index (χ3n) is 3.41. The summed E-state index contributed by atoms with van der Waals surface area (Å²) in [7, 11) is 0. The smallest absolute Gasteiger partial charge is 0.336 e. The highest BCUT2D eigenvalue weighted by molar-refractivity contribution is 5.77. The number of nitrogens with zero attached hydrogens (tertiary/aromatic N) is 2. The van der Waals surface area contributed by atoms with Crippen LogP contribution >= 0.6 is 0 Å². The molecule has 1 amide bonds. The van der Waals surface area contributed by atoms with Gasteiger partial charge >= 0.3 is 6.18 Å². The third kappa shape index (κ3) is 4.10. The molecule has 0 aliphatic rings. The van der Waals surface area contributed by atoms with Crippen LogP contribution in [0, 0.1) is 17.2 Å². The summed E-state index contributed by atoms with van der Waals surface area (Å²) in [6.45, 7) is 4.36. The van der Waals surface area contributed by atoms with Gasteiger partial charge in [0.2, 0.25) is 5.91 Å². The summed E-state index contributed by atoms with van der Waals surface area (Å²) < 4.78 is 38.5. The van der Waals surface area contributed by atoms with Crippen molar-refractivity contribution in [3.05, 3.63) is 34.2 Å². The van der Waals surface area contributed by atoms with Gasteiger partial charge in [0.05, 0.1) is 11.6 Å². The Kier molecular flexibility index (Phi) is 5.02. The second-order valence-electron chi connectivity index (χ2n) is 5.40. The van der Waals surface area contributed by atoms with Crippen molar-refractivity contribution >= 4 is 5.91 Å². The van der Waals surface area contributed by atoms with Gasteiger partial charge in [0.1, 0.15) is 12.1 Å². The first kappa shape index (κ1) is 17.8. The number of hydrogen-bond acceptors (Lipinski definition) is 3. The molecule has 1 atom stereocenters. The number of alkyl halides is 3. The lowest BCUT2D eigenvalue weighted by atomic mass is 9.90. The van der Waals surface area contributed by atoms with Crippen LogP contribution in [0.15, 0.2) is 23.1 Å². The minimum absolute atomic E-state index is 0.209. The molecule has 0 fully saturated rings. The number of pyridine rings is 1. The number of rotatable bonds is 4. The third-order valence-corrected chi connectivity index (χ3v) is 3.41. The van der Waals surface area contributed by atoms with Crippen molar-refractivity contribution in [2.24, 2.45) is 5.92 Å². The summed E-state index contributed by atoms with van der Waals surface area (Å²) in [4.78, 5) is 23.5. The normalized spacial score (nSPS) is 14.3. The Bertz CT molecular complexity index is 659. The summed E-state index contributed by atoms with van der Waals surface area (Å²) in [5.74, 6) is -0.918. The molecule has 1 N–H and O–H groups in total. The summed E-state index contributed by atoms with van der Waals surface area (Å²) in [6.07, 6.45) is -4.02. The van der Waals surface area contributed by atoms with Gasteiger partial charge in [-0.25, -0.2) is 0 Å². The monoisotopic (exact) mass is 315 g/mol. The van der Waals surface area contributed by atoms with Gasteiger partial charge in [-0.3, -0.25) is 9.59 Å². The molecule has 0 aliphatic carbocycles. The first-order valence-electron chi connectivity index (χ1n) is 6.49. The molecule has 0 saturated heterocycles. The van der Waals surface area contributed by atoms with Crippen molar-refractivity contribution < 1.29 is 18.0 Å². The van der Waals surface area contributed by atoms with Crippen LogP contribution in [0.2, 0.25) is 0 Å². The van der Waals surface area contributed by atoms with E-state index < -0.39 is 35.3 Å². The molecule has 0 aromatic carbocycles. The van der Waals surface area contributed by atoms with E-state index in [1.807, 2.05) is 6.07 Å². The predicted molar refractivity (Wildman–Crippen MR) is 72.7 cm³/mol. The van der Waals surface area contributed by atoms with E-state index in [1.165, 1.54) is 6.92 Å². The molecule has 1 heterocycles. The number of halogens is 3. The Morgan fingerprint density at radius 3 is 2.45 bits per heavy atom. The highest BCUT2D eigenvalue weighted by atomic mass is 19.4. The van der Waals surface area contributed by atoms with E-state index in [0.717, 1.165) is 6.07 Å². The van der Waals surface area contributed by atoms with Crippen LogP contribution in [0.25, 0.3) is 0 Å². The van der Waals surface area contributed by atoms with E-state index in [4.69, 9.17) is 5.26 Å². The molecule has 0 aliphatic heterocycles. The van der Waals surface area contributed by atoms with Crippen LogP contribution in [-0.2, 0) is 17.5 Å². The van der Waals surface area contributed by atoms with Gasteiger partial charge in [-0.1, -0.05) is 13.8 Å². The molecule has 0 radical (unpaired) electrons. The number of carbonyl (C=O) groups excluding carboxylic acids is 1. The van der Waals surface area contributed by atoms with Crippen molar-refractivity contribution in [2.45, 2.75) is 39.0 Å². The summed E-state index contributed by atoms with van der Waals surface area (Å²) in [6, 6.07) is 3.35. The quantitative estimate of drug-likeness (QED) is 0.922. The first-order valence-corrected chi connectivity index (χ1v) is 6.49. The van der Waals surface area contributed by atoms with Crippen LogP contribution in [-0.4, -0.2) is 16.0 Å². The van der Waals surface area contributed by atoms with Crippen molar-refractivity contribution in [1.29, 1.82) is 5.26 Å². The van der Waals surface area contributed by atoms with Crippen LogP contribution < -0.4 is 10.9 Å². The second-order valence-corrected chi connectivity index (χ2v) is 5.40. The number of aromatic nitrogens is 1. The van der Waals surface area contributed by atoms with Gasteiger partial charge in [0.25, 0.3) is 5.56 Å². The van der Waals surface area contributed by atoms with E-state index in [1.54, 1.807) is 13.8 Å². The van der Waals surface area contributed by atoms with E-state index in [9.17, 15) is 22.8 Å². The Morgan fingerprint density at radius 2 is 2.00 bits per heavy atom. The Morgan fingerprint density at radius 1 is 1.41 bits per heavy atom. The van der Waals surface area contributed by atoms with Gasteiger partial charge < -0.3 is 9.88 Å². The molecule has 0 unspecified atom stereocenters. The highest BCUT2D eigenvalue weighted by Gasteiger charge is 2.32. The molecule has 8 heteroatoms. The Labute approximate surface area is 125 Å². The van der Waals surface area contributed by atoms with E-state index in [0.29, 0.717) is 16.8 Å². The molecule has 1 aromatic rings. The number of nitrogens with one attached hydrogen (secondary N) is 1. The maximum atomic E-state index is 12.6. The average molecular weight is 315 g/mol. The van der Waals surface area contributed by atoms with Crippen LogP contribution in [0.3, 0.4) is 0 Å². The molecule has 5 nitrogen and oxygen atoms in total. The Hall–Kier alpha value is -2.30. The number of nitriles is 1. The fraction of sp³-hybridized carbons (Fsp3) is 0.500. The van der Waals surface area contributed by atoms with Crippen molar-refractivity contribution in [3.63, 3.8) is 0 Å². The molecule has 0 spiro atoms. The number of carbonyl (C=O) groups is 1. The van der Waals surface area contributed by atoms with E-state index >= 15 is 0 Å². The van der Waals surface area contributed by atoms with Gasteiger partial charge in [-0.05, 0) is 18.9 Å². The molecule has 1 rings (SSSR count). The lowest BCUT2D eigenvalue weighted by molar-refractivity contribution is -0.138. The molecular weight excluding hydrogens is 299 g/mol. The van der Waals surface area contributed by atoms with Gasteiger partial charge in [0.15, 0.2) is 0 Å². The zero-order chi connectivity index (χ0) is 17.1. The Balaban J connectivity index is 2.99. The van der Waals surface area contributed by atoms with Crippen molar-refractivity contribution in [1.82, 2.24) is 9.88 Å². The molecule has 0 bridgehead atoms. The largest absolute Gasteiger partial charge is 0.417 e. The fourth-order valence-corrected chi connectivity index (χ4v) is 1.61. The zero-order valence-corrected chi connectivity index (χ0v) is 12.4. The van der Waals surface area contributed by atoms with Crippen LogP contribution in [0.4, 0.5) is 13.2 Å². The topological polar surface area (TPSA) is 74.9 Å². The van der Waals surface area contributed by atoms with Crippen LogP contribution in [0.5, 0.6) is 0 Å². The summed E-state index contributed by atoms with van der Waals surface area (Å²) >= 11 is 0. The minimum Gasteiger partial charge on any atom is -0.336 e. The summed E-state index contributed by atoms with van der Waals surface area (Å²) in [5, 5.41) is 11.5. The fourth-order valence-electron chi connectivity index (χ4n) is 1.61. The van der Waals surface area contributed by atoms with Crippen LogP contribution in [0.1, 0.15) is 26.3 Å². The lowest BCUT2D eigenvalue weighted by Gasteiger charge is -2.27. The van der Waals surface area contributed by atoms with E-state index in [2.05, 4.69) is 5.32 Å². The zero-order valence-electron chi connectivity index (χ0n) is 12.4. The summed E-state index contributed by atoms with van der Waals surface area (Å²) in [5.41, 5.74) is -2.92. The van der Waals surface area contributed by atoms with Crippen molar-refractivity contribution in [3.8, 4) is 6.07 Å².